The maximum atomic E-state index is 13.5. The quantitative estimate of drug-likeness (QED) is 0.461. The number of rotatable bonds is 2. The summed E-state index contributed by atoms with van der Waals surface area (Å²) in [5, 5.41) is 1.77. The van der Waals surface area contributed by atoms with E-state index in [4.69, 9.17) is 11.6 Å². The molecule has 0 radical (unpaired) electrons. The highest BCUT2D eigenvalue weighted by atomic mass is 35.5. The third-order valence-corrected chi connectivity index (χ3v) is 5.35. The van der Waals surface area contributed by atoms with Gasteiger partial charge in [-0.3, -0.25) is 4.79 Å². The molecule has 126 valence electrons. The first-order valence-electron chi connectivity index (χ1n) is 8.74. The summed E-state index contributed by atoms with van der Waals surface area (Å²) in [6.45, 7) is 0.708. The maximum absolute atomic E-state index is 13.5. The topological polar surface area (TPSA) is 22.0 Å². The van der Waals surface area contributed by atoms with E-state index in [2.05, 4.69) is 12.1 Å². The van der Waals surface area contributed by atoms with Gasteiger partial charge in [0, 0.05) is 22.5 Å². The van der Waals surface area contributed by atoms with E-state index >= 15 is 0 Å². The lowest BCUT2D eigenvalue weighted by Crippen LogP contribution is -2.21. The van der Waals surface area contributed by atoms with Crippen LogP contribution in [0.2, 0.25) is 5.02 Å². The van der Waals surface area contributed by atoms with Gasteiger partial charge < -0.3 is 4.57 Å². The van der Waals surface area contributed by atoms with Gasteiger partial charge in [0.05, 0.1) is 11.1 Å². The van der Waals surface area contributed by atoms with Gasteiger partial charge in [0.15, 0.2) is 0 Å². The molecule has 0 amide bonds. The summed E-state index contributed by atoms with van der Waals surface area (Å²) in [4.78, 5) is 13.5. The molecular weight excluding hydrogens is 342 g/mol. The van der Waals surface area contributed by atoms with Gasteiger partial charge in [-0.15, -0.1) is 0 Å². The van der Waals surface area contributed by atoms with E-state index < -0.39 is 0 Å². The molecule has 0 saturated heterocycles. The summed E-state index contributed by atoms with van der Waals surface area (Å²) in [6, 6.07) is 24.0. The van der Waals surface area contributed by atoms with Crippen molar-refractivity contribution in [3.05, 3.63) is 93.7 Å². The zero-order valence-electron chi connectivity index (χ0n) is 14.1. The van der Waals surface area contributed by atoms with Crippen molar-refractivity contribution in [1.29, 1.82) is 0 Å². The lowest BCUT2D eigenvalue weighted by Gasteiger charge is -2.16. The predicted octanol–water partition coefficient (Wildman–Crippen LogP) is 5.55. The Labute approximate surface area is 156 Å². The molecule has 3 heteroatoms. The van der Waals surface area contributed by atoms with E-state index in [0.717, 1.165) is 50.2 Å². The van der Waals surface area contributed by atoms with Crippen LogP contribution < -0.4 is 5.56 Å². The number of pyridine rings is 1. The molecule has 2 nitrogen and oxygen atoms in total. The number of hydrogen-bond donors (Lipinski definition) is 0. The molecule has 0 N–H and O–H groups in total. The van der Waals surface area contributed by atoms with Crippen molar-refractivity contribution >= 4 is 22.5 Å². The van der Waals surface area contributed by atoms with Gasteiger partial charge in [0.1, 0.15) is 0 Å². The molecule has 2 heterocycles. The van der Waals surface area contributed by atoms with Gasteiger partial charge in [-0.25, -0.2) is 0 Å². The number of benzene rings is 3. The Kier molecular flexibility index (Phi) is 3.47. The second-order valence-electron chi connectivity index (χ2n) is 6.65. The average molecular weight is 358 g/mol. The number of aromatic nitrogens is 1. The normalized spacial score (nSPS) is 12.7. The number of halogens is 1. The van der Waals surface area contributed by atoms with Crippen molar-refractivity contribution in [3.8, 4) is 22.3 Å². The Morgan fingerprint density at radius 3 is 2.08 bits per heavy atom. The monoisotopic (exact) mass is 357 g/mol. The van der Waals surface area contributed by atoms with Crippen LogP contribution in [-0.4, -0.2) is 4.57 Å². The molecular formula is C23H16ClNO. The Bertz CT molecular complexity index is 1190. The Morgan fingerprint density at radius 1 is 0.808 bits per heavy atom. The van der Waals surface area contributed by atoms with Gasteiger partial charge in [-0.1, -0.05) is 72.3 Å². The van der Waals surface area contributed by atoms with Crippen LogP contribution in [0.1, 0.15) is 5.56 Å². The molecule has 0 fully saturated rings. The van der Waals surface area contributed by atoms with E-state index in [1.807, 2.05) is 65.2 Å². The van der Waals surface area contributed by atoms with Crippen LogP contribution in [0.4, 0.5) is 0 Å². The lowest BCUT2D eigenvalue weighted by atomic mass is 9.91. The highest BCUT2D eigenvalue weighted by molar-refractivity contribution is 6.31. The summed E-state index contributed by atoms with van der Waals surface area (Å²) < 4.78 is 1.91. The number of hydrogen-bond acceptors (Lipinski definition) is 1. The Morgan fingerprint density at radius 2 is 1.42 bits per heavy atom. The zero-order chi connectivity index (χ0) is 17.7. The van der Waals surface area contributed by atoms with Crippen LogP contribution in [0, 0.1) is 0 Å². The van der Waals surface area contributed by atoms with Gasteiger partial charge in [-0.2, -0.15) is 0 Å². The molecule has 1 aliphatic heterocycles. The smallest absolute Gasteiger partial charge is 0.259 e. The summed E-state index contributed by atoms with van der Waals surface area (Å²) in [7, 11) is 0. The van der Waals surface area contributed by atoms with Crippen molar-refractivity contribution < 1.29 is 0 Å². The Hall–Kier alpha value is -2.84. The largest absolute Gasteiger partial charge is 0.307 e. The van der Waals surface area contributed by atoms with Crippen molar-refractivity contribution in [2.24, 2.45) is 0 Å². The van der Waals surface area contributed by atoms with Crippen molar-refractivity contribution in [3.63, 3.8) is 0 Å². The first kappa shape index (κ1) is 15.4. The number of nitrogens with zero attached hydrogens (tertiary/aromatic N) is 1. The van der Waals surface area contributed by atoms with Crippen LogP contribution in [0.15, 0.2) is 77.6 Å². The first-order chi connectivity index (χ1) is 12.7. The van der Waals surface area contributed by atoms with Crippen LogP contribution in [0.5, 0.6) is 0 Å². The van der Waals surface area contributed by atoms with Crippen molar-refractivity contribution in [1.82, 2.24) is 4.57 Å². The highest BCUT2D eigenvalue weighted by Gasteiger charge is 2.24. The van der Waals surface area contributed by atoms with E-state index in [0.29, 0.717) is 6.54 Å². The molecule has 1 aliphatic rings. The first-order valence-corrected chi connectivity index (χ1v) is 9.11. The molecule has 3 aromatic carbocycles. The number of aryl methyl sites for hydroxylation is 2. The predicted molar refractivity (Wildman–Crippen MR) is 108 cm³/mol. The van der Waals surface area contributed by atoms with Crippen LogP contribution in [-0.2, 0) is 13.0 Å². The van der Waals surface area contributed by atoms with Gasteiger partial charge in [-0.05, 0) is 35.2 Å². The Balaban J connectivity index is 2.02. The summed E-state index contributed by atoms with van der Waals surface area (Å²) in [5.74, 6) is 0. The fourth-order valence-electron chi connectivity index (χ4n) is 4.06. The minimum atomic E-state index is 0.0728. The lowest BCUT2D eigenvalue weighted by molar-refractivity contribution is 0.743. The molecule has 1 aromatic heterocycles. The molecule has 5 rings (SSSR count). The SMILES string of the molecule is O=c1c(-c2ccccc2)c(-c2ccccc2)c2cc(Cl)cc3c2n1CC3. The van der Waals surface area contributed by atoms with Crippen molar-refractivity contribution in [2.75, 3.05) is 0 Å². The molecule has 0 bridgehead atoms. The second kappa shape index (κ2) is 5.86. The summed E-state index contributed by atoms with van der Waals surface area (Å²) in [6.07, 6.45) is 0.846. The highest BCUT2D eigenvalue weighted by Crippen LogP contribution is 2.39. The third-order valence-electron chi connectivity index (χ3n) is 5.13. The van der Waals surface area contributed by atoms with Crippen molar-refractivity contribution in [2.45, 2.75) is 13.0 Å². The van der Waals surface area contributed by atoms with Crippen LogP contribution in [0.25, 0.3) is 33.2 Å². The molecule has 0 aliphatic carbocycles. The van der Waals surface area contributed by atoms with Gasteiger partial charge >= 0.3 is 0 Å². The second-order valence-corrected chi connectivity index (χ2v) is 7.09. The summed E-state index contributed by atoms with van der Waals surface area (Å²) >= 11 is 6.44. The van der Waals surface area contributed by atoms with E-state index in [1.165, 1.54) is 0 Å². The van der Waals surface area contributed by atoms with Crippen LogP contribution >= 0.6 is 11.6 Å². The molecule has 0 spiro atoms. The molecule has 26 heavy (non-hydrogen) atoms. The fourth-order valence-corrected chi connectivity index (χ4v) is 4.30. The minimum Gasteiger partial charge on any atom is -0.307 e. The third kappa shape index (κ3) is 2.23. The molecule has 0 saturated carbocycles. The van der Waals surface area contributed by atoms with E-state index in [9.17, 15) is 4.79 Å². The fraction of sp³-hybridized carbons (Fsp3) is 0.0870. The standard InChI is InChI=1S/C23H16ClNO/c24-18-13-17-11-12-25-22(17)19(14-18)20(15-7-3-1-4-8-15)21(23(25)26)16-9-5-2-6-10-16/h1-10,13-14H,11-12H2. The van der Waals surface area contributed by atoms with E-state index in [1.54, 1.807) is 0 Å². The zero-order valence-corrected chi connectivity index (χ0v) is 14.8. The summed E-state index contributed by atoms with van der Waals surface area (Å²) in [5.41, 5.74) is 5.95. The molecule has 4 aromatic rings. The van der Waals surface area contributed by atoms with E-state index in [-0.39, 0.29) is 5.56 Å². The van der Waals surface area contributed by atoms with Crippen LogP contribution in [0.3, 0.4) is 0 Å². The van der Waals surface area contributed by atoms with Gasteiger partial charge in [0.25, 0.3) is 5.56 Å². The molecule has 0 atom stereocenters. The maximum Gasteiger partial charge on any atom is 0.259 e. The van der Waals surface area contributed by atoms with Gasteiger partial charge in [0.2, 0.25) is 0 Å². The average Bonchev–Trinajstić information content (AvgIpc) is 3.10. The minimum absolute atomic E-state index is 0.0728. The molecule has 0 unspecified atom stereocenters.